The molecule has 2 aromatic carbocycles. The van der Waals surface area contributed by atoms with Gasteiger partial charge in [-0.05, 0) is 80.0 Å². The Balaban J connectivity index is 1.32. The number of esters is 1. The second-order valence-electron chi connectivity index (χ2n) is 9.44. The molecule has 0 saturated heterocycles. The zero-order valence-corrected chi connectivity index (χ0v) is 20.9. The second-order valence-corrected chi connectivity index (χ2v) is 9.44. The van der Waals surface area contributed by atoms with Gasteiger partial charge in [-0.1, -0.05) is 48.5 Å². The first-order valence-corrected chi connectivity index (χ1v) is 12.7. The summed E-state index contributed by atoms with van der Waals surface area (Å²) in [5.74, 6) is -0.0549. The number of para-hydroxylation sites is 1. The number of carbonyl (C=O) groups excluding carboxylic acids is 2. The summed E-state index contributed by atoms with van der Waals surface area (Å²) < 4.78 is 11.1. The van der Waals surface area contributed by atoms with Gasteiger partial charge in [-0.15, -0.1) is 0 Å². The molecule has 1 aliphatic carbocycles. The van der Waals surface area contributed by atoms with Crippen molar-refractivity contribution in [1.82, 2.24) is 10.3 Å². The fraction of sp³-hybridized carbons (Fsp3) is 0.258. The molecule has 0 saturated carbocycles. The van der Waals surface area contributed by atoms with Crippen molar-refractivity contribution in [3.05, 3.63) is 101 Å². The normalized spacial score (nSPS) is 14.8. The minimum atomic E-state index is -0.499. The largest absolute Gasteiger partial charge is 0.465 e. The van der Waals surface area contributed by atoms with Crippen LogP contribution in [0.5, 0.6) is 0 Å². The maximum absolute atomic E-state index is 13.4. The van der Waals surface area contributed by atoms with Crippen LogP contribution in [0.4, 0.5) is 0 Å². The minimum absolute atomic E-state index is 0.0322. The van der Waals surface area contributed by atoms with Gasteiger partial charge >= 0.3 is 5.97 Å². The van der Waals surface area contributed by atoms with Crippen LogP contribution >= 0.6 is 0 Å². The number of benzene rings is 2. The number of aryl methyl sites for hydroxylation is 1. The number of nitrogens with one attached hydrogen (secondary N) is 1. The Kier molecular flexibility index (Phi) is 7.45. The van der Waals surface area contributed by atoms with E-state index in [1.807, 2.05) is 67.6 Å². The number of pyridine rings is 1. The van der Waals surface area contributed by atoms with Crippen LogP contribution in [0.2, 0.25) is 0 Å². The lowest BCUT2D eigenvalue weighted by molar-refractivity contribution is -0.124. The zero-order valence-electron chi connectivity index (χ0n) is 20.9. The third-order valence-electron chi connectivity index (χ3n) is 6.68. The van der Waals surface area contributed by atoms with Crippen LogP contribution in [0, 0.1) is 0 Å². The van der Waals surface area contributed by atoms with Gasteiger partial charge in [0.25, 0.3) is 5.91 Å². The van der Waals surface area contributed by atoms with Crippen LogP contribution in [-0.4, -0.2) is 29.5 Å². The van der Waals surface area contributed by atoms with E-state index in [-0.39, 0.29) is 18.6 Å². The van der Waals surface area contributed by atoms with Gasteiger partial charge in [0.1, 0.15) is 5.76 Å². The molecule has 1 unspecified atom stereocenters. The molecule has 0 aliphatic heterocycles. The Morgan fingerprint density at radius 1 is 1.05 bits per heavy atom. The molecule has 5 rings (SSSR count). The number of nitrogens with zero attached hydrogens (tertiary/aromatic N) is 1. The number of carbonyl (C=O) groups is 2. The summed E-state index contributed by atoms with van der Waals surface area (Å²) in [5, 5.41) is 3.68. The highest BCUT2D eigenvalue weighted by molar-refractivity contribution is 6.07. The number of furan rings is 1. The van der Waals surface area contributed by atoms with Crippen LogP contribution in [0.25, 0.3) is 22.6 Å². The first kappa shape index (κ1) is 24.5. The lowest BCUT2D eigenvalue weighted by Gasteiger charge is -2.22. The summed E-state index contributed by atoms with van der Waals surface area (Å²) in [7, 11) is 0. The van der Waals surface area contributed by atoms with Crippen molar-refractivity contribution in [2.45, 2.75) is 45.1 Å². The molecule has 6 heteroatoms. The first-order chi connectivity index (χ1) is 18.1. The van der Waals surface area contributed by atoms with Crippen molar-refractivity contribution in [2.75, 3.05) is 6.61 Å². The molecule has 0 radical (unpaired) electrons. The summed E-state index contributed by atoms with van der Waals surface area (Å²) in [5.41, 5.74) is 5.14. The van der Waals surface area contributed by atoms with Gasteiger partial charge in [-0.3, -0.25) is 4.79 Å². The summed E-state index contributed by atoms with van der Waals surface area (Å²) in [6.45, 7) is 1.64. The Bertz CT molecular complexity index is 1420. The van der Waals surface area contributed by atoms with Gasteiger partial charge < -0.3 is 14.5 Å². The monoisotopic (exact) mass is 494 g/mol. The number of ether oxygens (including phenoxy) is 1. The molecule has 6 nitrogen and oxygen atoms in total. The number of aromatic nitrogens is 1. The SMILES string of the molecule is CC(CCc1ccccc1)NC(=O)COC(=O)c1c2c(nc3ccccc13)C(=Cc1ccco1)CCC2. The lowest BCUT2D eigenvalue weighted by Crippen LogP contribution is -2.36. The molecule has 0 fully saturated rings. The van der Waals surface area contributed by atoms with E-state index in [0.717, 1.165) is 65.6 Å². The number of allylic oxidation sites excluding steroid dienone is 1. The molecule has 37 heavy (non-hydrogen) atoms. The number of rotatable bonds is 8. The second kappa shape index (κ2) is 11.2. The number of amides is 1. The van der Waals surface area contributed by atoms with Gasteiger partial charge in [-0.2, -0.15) is 0 Å². The van der Waals surface area contributed by atoms with Crippen LogP contribution in [-0.2, 0) is 22.4 Å². The van der Waals surface area contributed by atoms with Crippen LogP contribution in [0.3, 0.4) is 0 Å². The number of hydrogen-bond acceptors (Lipinski definition) is 5. The van der Waals surface area contributed by atoms with Crippen molar-refractivity contribution < 1.29 is 18.7 Å². The highest BCUT2D eigenvalue weighted by Crippen LogP contribution is 2.36. The summed E-state index contributed by atoms with van der Waals surface area (Å²) in [6, 6.07) is 21.4. The summed E-state index contributed by atoms with van der Waals surface area (Å²) >= 11 is 0. The first-order valence-electron chi connectivity index (χ1n) is 12.7. The molecular formula is C31H30N2O4. The summed E-state index contributed by atoms with van der Waals surface area (Å²) in [4.78, 5) is 30.9. The third-order valence-corrected chi connectivity index (χ3v) is 6.68. The lowest BCUT2D eigenvalue weighted by atomic mass is 9.86. The van der Waals surface area contributed by atoms with E-state index in [9.17, 15) is 9.59 Å². The van der Waals surface area contributed by atoms with Crippen molar-refractivity contribution in [2.24, 2.45) is 0 Å². The van der Waals surface area contributed by atoms with Crippen molar-refractivity contribution in [1.29, 1.82) is 0 Å². The number of hydrogen-bond donors (Lipinski definition) is 1. The topological polar surface area (TPSA) is 81.4 Å². The van der Waals surface area contributed by atoms with Gasteiger partial charge in [0, 0.05) is 11.4 Å². The highest BCUT2D eigenvalue weighted by atomic mass is 16.5. The van der Waals surface area contributed by atoms with Crippen LogP contribution < -0.4 is 5.32 Å². The molecule has 2 heterocycles. The van der Waals surface area contributed by atoms with Gasteiger partial charge in [0.05, 0.1) is 23.0 Å². The van der Waals surface area contributed by atoms with Gasteiger partial charge in [0.2, 0.25) is 0 Å². The van der Waals surface area contributed by atoms with Crippen LogP contribution in [0.15, 0.2) is 77.4 Å². The third kappa shape index (κ3) is 5.80. The molecule has 0 spiro atoms. The van der Waals surface area contributed by atoms with Crippen LogP contribution in [0.1, 0.15) is 59.1 Å². The standard InChI is InChI=1S/C31H30N2O4/c1-21(16-17-22-9-3-2-4-10-22)32-28(34)20-37-31(35)29-25-13-5-6-15-27(25)33-30-23(11-7-14-26(29)30)19-24-12-8-18-36-24/h2-6,8-10,12-13,15,18-19,21H,7,11,14,16-17,20H2,1H3,(H,32,34). The van der Waals surface area contributed by atoms with E-state index in [1.54, 1.807) is 6.26 Å². The van der Waals surface area contributed by atoms with Gasteiger partial charge in [-0.25, -0.2) is 9.78 Å². The fourth-order valence-corrected chi connectivity index (χ4v) is 4.87. The van der Waals surface area contributed by atoms with Crippen molar-refractivity contribution >= 4 is 34.4 Å². The smallest absolute Gasteiger partial charge is 0.339 e. The summed E-state index contributed by atoms with van der Waals surface area (Å²) in [6.07, 6.45) is 7.74. The highest BCUT2D eigenvalue weighted by Gasteiger charge is 2.26. The average Bonchev–Trinajstić information content (AvgIpc) is 3.43. The Morgan fingerprint density at radius 3 is 2.68 bits per heavy atom. The molecular weight excluding hydrogens is 464 g/mol. The average molecular weight is 495 g/mol. The van der Waals surface area contributed by atoms with E-state index in [2.05, 4.69) is 17.4 Å². The molecule has 1 atom stereocenters. The van der Waals surface area contributed by atoms with Crippen molar-refractivity contribution in [3.63, 3.8) is 0 Å². The molecule has 4 aromatic rings. The predicted octanol–water partition coefficient (Wildman–Crippen LogP) is 6.00. The quantitative estimate of drug-likeness (QED) is 0.304. The van der Waals surface area contributed by atoms with Crippen molar-refractivity contribution in [3.8, 4) is 0 Å². The number of fused-ring (bicyclic) bond motifs is 2. The van der Waals surface area contributed by atoms with E-state index in [4.69, 9.17) is 14.1 Å². The molecule has 188 valence electrons. The molecule has 0 bridgehead atoms. The Morgan fingerprint density at radius 2 is 1.86 bits per heavy atom. The van der Waals surface area contributed by atoms with E-state index >= 15 is 0 Å². The van der Waals surface area contributed by atoms with E-state index in [0.29, 0.717) is 5.56 Å². The molecule has 2 aromatic heterocycles. The van der Waals surface area contributed by atoms with Gasteiger partial charge in [0.15, 0.2) is 6.61 Å². The fourth-order valence-electron chi connectivity index (χ4n) is 4.87. The predicted molar refractivity (Wildman–Crippen MR) is 144 cm³/mol. The minimum Gasteiger partial charge on any atom is -0.465 e. The maximum atomic E-state index is 13.4. The molecule has 1 N–H and O–H groups in total. The Hall–Kier alpha value is -4.19. The molecule has 1 aliphatic rings. The zero-order chi connectivity index (χ0) is 25.6. The molecule has 1 amide bonds. The van der Waals surface area contributed by atoms with E-state index < -0.39 is 5.97 Å². The maximum Gasteiger partial charge on any atom is 0.339 e. The Labute approximate surface area is 216 Å². The van der Waals surface area contributed by atoms with E-state index in [1.165, 1.54) is 5.56 Å².